The molecule has 1 aromatic heterocycles. The van der Waals surface area contributed by atoms with Gasteiger partial charge < -0.3 is 5.32 Å². The van der Waals surface area contributed by atoms with E-state index in [9.17, 15) is 8.42 Å². The highest BCUT2D eigenvalue weighted by Crippen LogP contribution is 2.11. The number of rotatable bonds is 6. The lowest BCUT2D eigenvalue weighted by atomic mass is 10.2. The molecule has 2 N–H and O–H groups in total. The zero-order valence-electron chi connectivity index (χ0n) is 10.4. The normalized spacial score (nSPS) is 11.5. The maximum absolute atomic E-state index is 11.3. The highest BCUT2D eigenvalue weighted by Gasteiger charge is 2.07. The molecule has 0 saturated heterocycles. The third kappa shape index (κ3) is 5.04. The number of anilines is 2. The minimum Gasteiger partial charge on any atom is -0.384 e. The Labute approximate surface area is 103 Å². The monoisotopic (exact) mass is 257 g/mol. The fourth-order valence-electron chi connectivity index (χ4n) is 1.11. The van der Waals surface area contributed by atoms with Gasteiger partial charge in [0, 0.05) is 6.54 Å². The molecule has 1 heterocycles. The van der Waals surface area contributed by atoms with Crippen LogP contribution < -0.4 is 10.0 Å². The van der Waals surface area contributed by atoms with Crippen LogP contribution in [0.4, 0.5) is 11.5 Å². The first-order chi connectivity index (χ1) is 7.93. The van der Waals surface area contributed by atoms with E-state index in [0.29, 0.717) is 11.7 Å². The Balaban J connectivity index is 2.62. The predicted octanol–water partition coefficient (Wildman–Crippen LogP) is 1.91. The minimum atomic E-state index is -3.24. The molecule has 0 spiro atoms. The first-order valence-electron chi connectivity index (χ1n) is 5.63. The van der Waals surface area contributed by atoms with Crippen LogP contribution in [0.1, 0.15) is 20.8 Å². The summed E-state index contributed by atoms with van der Waals surface area (Å²) >= 11 is 0. The van der Waals surface area contributed by atoms with Crippen molar-refractivity contribution < 1.29 is 8.42 Å². The van der Waals surface area contributed by atoms with Crippen LogP contribution >= 0.6 is 0 Å². The van der Waals surface area contributed by atoms with Gasteiger partial charge in [0.2, 0.25) is 10.0 Å². The second-order valence-corrected chi connectivity index (χ2v) is 6.22. The summed E-state index contributed by atoms with van der Waals surface area (Å²) in [6, 6.07) is 3.46. The third-order valence-electron chi connectivity index (χ3n) is 2.12. The molecule has 0 saturated carbocycles. The number of aromatic nitrogens is 1. The average Bonchev–Trinajstić information content (AvgIpc) is 2.28. The van der Waals surface area contributed by atoms with Crippen LogP contribution in [0.15, 0.2) is 18.3 Å². The van der Waals surface area contributed by atoms with Crippen LogP contribution in [-0.2, 0) is 10.0 Å². The lowest BCUT2D eigenvalue weighted by Crippen LogP contribution is -2.15. The van der Waals surface area contributed by atoms with Crippen LogP contribution in [0.3, 0.4) is 0 Å². The summed E-state index contributed by atoms with van der Waals surface area (Å²) in [7, 11) is -3.24. The molecule has 0 aliphatic rings. The predicted molar refractivity (Wildman–Crippen MR) is 70.6 cm³/mol. The van der Waals surface area contributed by atoms with Crippen molar-refractivity contribution in [2.24, 2.45) is 5.92 Å². The molecule has 0 radical (unpaired) electrons. The van der Waals surface area contributed by atoms with Crippen molar-refractivity contribution >= 4 is 21.5 Å². The number of sulfonamides is 1. The minimum absolute atomic E-state index is 0.0437. The van der Waals surface area contributed by atoms with Crippen LogP contribution in [-0.4, -0.2) is 25.7 Å². The number of hydrogen-bond donors (Lipinski definition) is 2. The topological polar surface area (TPSA) is 71.1 Å². The molecule has 1 aromatic rings. The Morgan fingerprint density at radius 2 is 2.06 bits per heavy atom. The lowest BCUT2D eigenvalue weighted by Gasteiger charge is -2.09. The second kappa shape index (κ2) is 5.86. The molecule has 0 aromatic carbocycles. The second-order valence-electron chi connectivity index (χ2n) is 4.21. The molecule has 0 aliphatic carbocycles. The molecule has 17 heavy (non-hydrogen) atoms. The molecule has 0 unspecified atom stereocenters. The highest BCUT2D eigenvalue weighted by atomic mass is 32.2. The van der Waals surface area contributed by atoms with Crippen LogP contribution in [0, 0.1) is 5.92 Å². The van der Waals surface area contributed by atoms with Gasteiger partial charge in [0.15, 0.2) is 0 Å². The summed E-state index contributed by atoms with van der Waals surface area (Å²) < 4.78 is 25.0. The van der Waals surface area contributed by atoms with Gasteiger partial charge in [-0.25, -0.2) is 13.4 Å². The molecule has 96 valence electrons. The lowest BCUT2D eigenvalue weighted by molar-refractivity contribution is 0.602. The van der Waals surface area contributed by atoms with Gasteiger partial charge in [-0.1, -0.05) is 13.8 Å². The molecular weight excluding hydrogens is 238 g/mol. The van der Waals surface area contributed by atoms with E-state index < -0.39 is 10.0 Å². The Morgan fingerprint density at radius 3 is 2.53 bits per heavy atom. The van der Waals surface area contributed by atoms with Crippen molar-refractivity contribution in [1.82, 2.24) is 4.98 Å². The molecule has 6 heteroatoms. The summed E-state index contributed by atoms with van der Waals surface area (Å²) in [5.41, 5.74) is 0.887. The van der Waals surface area contributed by atoms with Gasteiger partial charge in [0.05, 0.1) is 17.6 Å². The summed E-state index contributed by atoms with van der Waals surface area (Å²) in [5.74, 6) is 0.942. The maximum atomic E-state index is 11.3. The summed E-state index contributed by atoms with van der Waals surface area (Å²) in [6.45, 7) is 6.68. The first-order valence-corrected chi connectivity index (χ1v) is 7.28. The standard InChI is InChI=1S/C11H19N3O2S/c1-4-17(15,16)14-11-6-5-10(8-13-11)12-7-9(2)3/h5-6,8-9,12H,4,7H2,1-3H3,(H,13,14). The van der Waals surface area contributed by atoms with Crippen molar-refractivity contribution in [2.45, 2.75) is 20.8 Å². The third-order valence-corrected chi connectivity index (χ3v) is 3.40. The zero-order valence-corrected chi connectivity index (χ0v) is 11.2. The van der Waals surface area contributed by atoms with E-state index in [1.54, 1.807) is 19.2 Å². The van der Waals surface area contributed by atoms with Gasteiger partial charge in [-0.3, -0.25) is 4.72 Å². The summed E-state index contributed by atoms with van der Waals surface area (Å²) in [4.78, 5) is 4.04. The first kappa shape index (κ1) is 13.8. The fourth-order valence-corrected chi connectivity index (χ4v) is 1.70. The quantitative estimate of drug-likeness (QED) is 0.816. The molecule has 0 bridgehead atoms. The molecular formula is C11H19N3O2S. The van der Waals surface area contributed by atoms with E-state index in [2.05, 4.69) is 28.9 Å². The van der Waals surface area contributed by atoms with E-state index in [1.165, 1.54) is 0 Å². The van der Waals surface area contributed by atoms with Gasteiger partial charge >= 0.3 is 0 Å². The summed E-state index contributed by atoms with van der Waals surface area (Å²) in [5, 5.41) is 3.21. The van der Waals surface area contributed by atoms with Crippen molar-refractivity contribution in [3.05, 3.63) is 18.3 Å². The molecule has 0 aliphatic heterocycles. The Morgan fingerprint density at radius 1 is 1.35 bits per heavy atom. The van der Waals surface area contributed by atoms with Gasteiger partial charge in [0.1, 0.15) is 5.82 Å². The Bertz CT molecular complexity index is 440. The van der Waals surface area contributed by atoms with E-state index >= 15 is 0 Å². The smallest absolute Gasteiger partial charge is 0.233 e. The molecule has 0 atom stereocenters. The van der Waals surface area contributed by atoms with Crippen molar-refractivity contribution in [2.75, 3.05) is 22.3 Å². The van der Waals surface area contributed by atoms with Gasteiger partial charge in [-0.15, -0.1) is 0 Å². The van der Waals surface area contributed by atoms with E-state index in [4.69, 9.17) is 0 Å². The van der Waals surface area contributed by atoms with Crippen LogP contribution in [0.5, 0.6) is 0 Å². The van der Waals surface area contributed by atoms with Gasteiger partial charge in [0.25, 0.3) is 0 Å². The van der Waals surface area contributed by atoms with E-state index in [1.807, 2.05) is 6.07 Å². The van der Waals surface area contributed by atoms with Crippen molar-refractivity contribution in [3.8, 4) is 0 Å². The fraction of sp³-hybridized carbons (Fsp3) is 0.545. The van der Waals surface area contributed by atoms with Crippen molar-refractivity contribution in [3.63, 3.8) is 0 Å². The molecule has 5 nitrogen and oxygen atoms in total. The van der Waals surface area contributed by atoms with E-state index in [-0.39, 0.29) is 5.75 Å². The SMILES string of the molecule is CCS(=O)(=O)Nc1ccc(NCC(C)C)cn1. The average molecular weight is 257 g/mol. The summed E-state index contributed by atoms with van der Waals surface area (Å²) in [6.07, 6.45) is 1.62. The number of nitrogens with zero attached hydrogens (tertiary/aromatic N) is 1. The Kier molecular flexibility index (Phi) is 4.74. The van der Waals surface area contributed by atoms with Crippen LogP contribution in [0.2, 0.25) is 0 Å². The molecule has 0 amide bonds. The molecule has 1 rings (SSSR count). The number of pyridine rings is 1. The number of nitrogens with one attached hydrogen (secondary N) is 2. The van der Waals surface area contributed by atoms with Gasteiger partial charge in [-0.05, 0) is 25.0 Å². The van der Waals surface area contributed by atoms with Crippen molar-refractivity contribution in [1.29, 1.82) is 0 Å². The largest absolute Gasteiger partial charge is 0.384 e. The maximum Gasteiger partial charge on any atom is 0.233 e. The Hall–Kier alpha value is -1.30. The zero-order chi connectivity index (χ0) is 12.9. The van der Waals surface area contributed by atoms with Crippen LogP contribution in [0.25, 0.3) is 0 Å². The number of hydrogen-bond acceptors (Lipinski definition) is 4. The molecule has 0 fully saturated rings. The van der Waals surface area contributed by atoms with Gasteiger partial charge in [-0.2, -0.15) is 0 Å². The highest BCUT2D eigenvalue weighted by molar-refractivity contribution is 7.92. The van der Waals surface area contributed by atoms with E-state index in [0.717, 1.165) is 12.2 Å².